The molecule has 0 spiro atoms. The highest BCUT2D eigenvalue weighted by Crippen LogP contribution is 2.31. The summed E-state index contributed by atoms with van der Waals surface area (Å²) in [7, 11) is 0. The third-order valence-electron chi connectivity index (χ3n) is 2.69. The average Bonchev–Trinajstić information content (AvgIpc) is 2.30. The SMILES string of the molecule is CCc1c[nH]c(=O)n1C1CCC1. The second-order valence-electron chi connectivity index (χ2n) is 3.39. The van der Waals surface area contributed by atoms with Crippen LogP contribution >= 0.6 is 0 Å². The topological polar surface area (TPSA) is 37.8 Å². The largest absolute Gasteiger partial charge is 0.325 e. The molecule has 3 nitrogen and oxygen atoms in total. The lowest BCUT2D eigenvalue weighted by atomic mass is 9.92. The molecule has 0 unspecified atom stereocenters. The normalized spacial score (nSPS) is 17.8. The first-order valence-electron chi connectivity index (χ1n) is 4.61. The molecule has 0 aliphatic heterocycles. The van der Waals surface area contributed by atoms with Crippen molar-refractivity contribution in [2.45, 2.75) is 38.6 Å². The van der Waals surface area contributed by atoms with E-state index in [0.29, 0.717) is 6.04 Å². The molecule has 3 heteroatoms. The van der Waals surface area contributed by atoms with E-state index in [2.05, 4.69) is 11.9 Å². The van der Waals surface area contributed by atoms with Crippen molar-refractivity contribution in [1.82, 2.24) is 9.55 Å². The van der Waals surface area contributed by atoms with Crippen LogP contribution in [0.4, 0.5) is 0 Å². The van der Waals surface area contributed by atoms with E-state index in [9.17, 15) is 4.79 Å². The first kappa shape index (κ1) is 7.65. The molecule has 1 aliphatic carbocycles. The van der Waals surface area contributed by atoms with Crippen molar-refractivity contribution in [3.8, 4) is 0 Å². The molecule has 1 heterocycles. The highest BCUT2D eigenvalue weighted by Gasteiger charge is 2.22. The van der Waals surface area contributed by atoms with Gasteiger partial charge in [-0.15, -0.1) is 0 Å². The minimum absolute atomic E-state index is 0.0663. The average molecular weight is 166 g/mol. The predicted molar refractivity (Wildman–Crippen MR) is 47.3 cm³/mol. The van der Waals surface area contributed by atoms with Gasteiger partial charge in [-0.1, -0.05) is 6.92 Å². The van der Waals surface area contributed by atoms with Crippen LogP contribution < -0.4 is 5.69 Å². The predicted octanol–water partition coefficient (Wildman–Crippen LogP) is 1.46. The van der Waals surface area contributed by atoms with Crippen molar-refractivity contribution in [2.75, 3.05) is 0 Å². The number of imidazole rings is 1. The Morgan fingerprint density at radius 3 is 2.92 bits per heavy atom. The molecular formula is C9H14N2O. The van der Waals surface area contributed by atoms with E-state index in [0.717, 1.165) is 12.1 Å². The van der Waals surface area contributed by atoms with Crippen LogP contribution in [0.3, 0.4) is 0 Å². The molecule has 1 aliphatic rings. The summed E-state index contributed by atoms with van der Waals surface area (Å²) >= 11 is 0. The second kappa shape index (κ2) is 2.81. The van der Waals surface area contributed by atoms with Gasteiger partial charge in [0.1, 0.15) is 0 Å². The van der Waals surface area contributed by atoms with Crippen molar-refractivity contribution in [3.63, 3.8) is 0 Å². The van der Waals surface area contributed by atoms with Gasteiger partial charge in [0.05, 0.1) is 0 Å². The number of aromatic amines is 1. The second-order valence-corrected chi connectivity index (χ2v) is 3.39. The van der Waals surface area contributed by atoms with E-state index in [1.165, 1.54) is 19.3 Å². The molecule has 0 amide bonds. The maximum absolute atomic E-state index is 11.3. The van der Waals surface area contributed by atoms with Crippen LogP contribution in [0.2, 0.25) is 0 Å². The fourth-order valence-corrected chi connectivity index (χ4v) is 1.73. The third kappa shape index (κ3) is 1.00. The summed E-state index contributed by atoms with van der Waals surface area (Å²) in [5, 5.41) is 0. The van der Waals surface area contributed by atoms with Gasteiger partial charge in [0.2, 0.25) is 0 Å². The van der Waals surface area contributed by atoms with E-state index in [1.54, 1.807) is 0 Å². The van der Waals surface area contributed by atoms with E-state index in [1.807, 2.05) is 10.8 Å². The monoisotopic (exact) mass is 166 g/mol. The minimum Gasteiger partial charge on any atom is -0.312 e. The number of rotatable bonds is 2. The van der Waals surface area contributed by atoms with Crippen molar-refractivity contribution >= 4 is 0 Å². The summed E-state index contributed by atoms with van der Waals surface area (Å²) in [5.41, 5.74) is 1.21. The minimum atomic E-state index is 0.0663. The molecular weight excluding hydrogens is 152 g/mol. The van der Waals surface area contributed by atoms with Gasteiger partial charge in [-0.25, -0.2) is 4.79 Å². The summed E-state index contributed by atoms with van der Waals surface area (Å²) in [6.45, 7) is 2.08. The summed E-state index contributed by atoms with van der Waals surface area (Å²) in [6, 6.07) is 0.485. The maximum Gasteiger partial charge on any atom is 0.325 e. The van der Waals surface area contributed by atoms with E-state index < -0.39 is 0 Å². The molecule has 1 saturated carbocycles. The maximum atomic E-state index is 11.3. The fraction of sp³-hybridized carbons (Fsp3) is 0.667. The zero-order valence-electron chi connectivity index (χ0n) is 7.34. The number of nitrogens with zero attached hydrogens (tertiary/aromatic N) is 1. The van der Waals surface area contributed by atoms with Gasteiger partial charge in [0.25, 0.3) is 0 Å². The molecule has 1 N–H and O–H groups in total. The Kier molecular flexibility index (Phi) is 1.79. The van der Waals surface area contributed by atoms with Crippen LogP contribution in [0.25, 0.3) is 0 Å². The van der Waals surface area contributed by atoms with Crippen molar-refractivity contribution in [3.05, 3.63) is 22.4 Å². The van der Waals surface area contributed by atoms with Gasteiger partial charge in [0.15, 0.2) is 0 Å². The number of hydrogen-bond acceptors (Lipinski definition) is 1. The molecule has 0 bridgehead atoms. The number of nitrogens with one attached hydrogen (secondary N) is 1. The number of hydrogen-bond donors (Lipinski definition) is 1. The lowest BCUT2D eigenvalue weighted by molar-refractivity contribution is 0.301. The van der Waals surface area contributed by atoms with Gasteiger partial charge >= 0.3 is 5.69 Å². The number of H-pyrrole nitrogens is 1. The Morgan fingerprint density at radius 1 is 1.67 bits per heavy atom. The Hall–Kier alpha value is -0.990. The molecule has 0 atom stereocenters. The van der Waals surface area contributed by atoms with Gasteiger partial charge in [-0.05, 0) is 25.7 Å². The van der Waals surface area contributed by atoms with Crippen LogP contribution in [0.15, 0.2) is 11.0 Å². The first-order chi connectivity index (χ1) is 5.83. The summed E-state index contributed by atoms with van der Waals surface area (Å²) in [4.78, 5) is 14.1. The highest BCUT2D eigenvalue weighted by molar-refractivity contribution is 5.01. The molecule has 1 fully saturated rings. The summed E-state index contributed by atoms with van der Waals surface area (Å²) < 4.78 is 1.92. The smallest absolute Gasteiger partial charge is 0.312 e. The molecule has 12 heavy (non-hydrogen) atoms. The molecule has 1 aromatic heterocycles. The van der Waals surface area contributed by atoms with Crippen LogP contribution in [0.5, 0.6) is 0 Å². The van der Waals surface area contributed by atoms with Gasteiger partial charge in [0, 0.05) is 17.9 Å². The van der Waals surface area contributed by atoms with E-state index in [-0.39, 0.29) is 5.69 Å². The molecule has 0 radical (unpaired) electrons. The quantitative estimate of drug-likeness (QED) is 0.709. The van der Waals surface area contributed by atoms with Crippen LogP contribution in [0.1, 0.15) is 37.9 Å². The number of aromatic nitrogens is 2. The molecule has 66 valence electrons. The first-order valence-corrected chi connectivity index (χ1v) is 4.61. The zero-order chi connectivity index (χ0) is 8.55. The lowest BCUT2D eigenvalue weighted by Gasteiger charge is -2.27. The zero-order valence-corrected chi connectivity index (χ0v) is 7.34. The van der Waals surface area contributed by atoms with Crippen LogP contribution in [-0.2, 0) is 6.42 Å². The van der Waals surface area contributed by atoms with Crippen molar-refractivity contribution in [2.24, 2.45) is 0 Å². The van der Waals surface area contributed by atoms with Crippen LogP contribution in [0, 0.1) is 0 Å². The van der Waals surface area contributed by atoms with Crippen molar-refractivity contribution in [1.29, 1.82) is 0 Å². The van der Waals surface area contributed by atoms with Crippen LogP contribution in [-0.4, -0.2) is 9.55 Å². The van der Waals surface area contributed by atoms with E-state index in [4.69, 9.17) is 0 Å². The number of aryl methyl sites for hydroxylation is 1. The lowest BCUT2D eigenvalue weighted by Crippen LogP contribution is -2.28. The molecule has 0 aromatic carbocycles. The van der Waals surface area contributed by atoms with Gasteiger partial charge in [-0.2, -0.15) is 0 Å². The standard InChI is InChI=1S/C9H14N2O/c1-2-7-6-10-9(12)11(7)8-4-3-5-8/h6,8H,2-5H2,1H3,(H,10,12). The van der Waals surface area contributed by atoms with Gasteiger partial charge in [-0.3, -0.25) is 4.57 Å². The molecule has 2 rings (SSSR count). The molecule has 0 saturated heterocycles. The van der Waals surface area contributed by atoms with Gasteiger partial charge < -0.3 is 4.98 Å². The Morgan fingerprint density at radius 2 is 2.42 bits per heavy atom. The van der Waals surface area contributed by atoms with E-state index >= 15 is 0 Å². The Labute approximate surface area is 71.4 Å². The highest BCUT2D eigenvalue weighted by atomic mass is 16.1. The third-order valence-corrected chi connectivity index (χ3v) is 2.69. The van der Waals surface area contributed by atoms with Crippen molar-refractivity contribution < 1.29 is 0 Å². The molecule has 1 aromatic rings. The summed E-state index contributed by atoms with van der Waals surface area (Å²) in [5.74, 6) is 0. The Balaban J connectivity index is 2.38. The fourth-order valence-electron chi connectivity index (χ4n) is 1.73. The Bertz CT molecular complexity index is 320. The summed E-state index contributed by atoms with van der Waals surface area (Å²) in [6.07, 6.45) is 6.39.